The van der Waals surface area contributed by atoms with Crippen LogP contribution in [-0.2, 0) is 11.3 Å². The fourth-order valence-electron chi connectivity index (χ4n) is 4.33. The van der Waals surface area contributed by atoms with Crippen LogP contribution in [-0.4, -0.2) is 41.2 Å². The zero-order valence-corrected chi connectivity index (χ0v) is 15.1. The van der Waals surface area contributed by atoms with Gasteiger partial charge < -0.3 is 14.2 Å². The van der Waals surface area contributed by atoms with Crippen molar-refractivity contribution in [3.63, 3.8) is 0 Å². The van der Waals surface area contributed by atoms with E-state index in [0.717, 1.165) is 25.8 Å². The van der Waals surface area contributed by atoms with Gasteiger partial charge in [0.25, 0.3) is 5.91 Å². The Labute approximate surface area is 153 Å². The molecule has 0 bridgehead atoms. The van der Waals surface area contributed by atoms with Gasteiger partial charge >= 0.3 is 0 Å². The van der Waals surface area contributed by atoms with Gasteiger partial charge in [-0.3, -0.25) is 9.59 Å². The highest BCUT2D eigenvalue weighted by atomic mass is 16.3. The van der Waals surface area contributed by atoms with Crippen molar-refractivity contribution in [1.82, 2.24) is 9.80 Å². The van der Waals surface area contributed by atoms with Gasteiger partial charge in [0.1, 0.15) is 6.26 Å². The monoisotopic (exact) mass is 352 g/mol. The number of nitrogens with zero attached hydrogens (tertiary/aromatic N) is 2. The van der Waals surface area contributed by atoms with Crippen LogP contribution in [0.15, 0.2) is 47.3 Å². The lowest BCUT2D eigenvalue weighted by Gasteiger charge is -2.39. The lowest BCUT2D eigenvalue weighted by molar-refractivity contribution is -0.146. The van der Waals surface area contributed by atoms with Crippen molar-refractivity contribution in [3.8, 4) is 0 Å². The first-order valence-electron chi connectivity index (χ1n) is 9.24. The summed E-state index contributed by atoms with van der Waals surface area (Å²) in [5.74, 6) is 0.159. The Morgan fingerprint density at radius 1 is 1.23 bits per heavy atom. The van der Waals surface area contributed by atoms with Crippen molar-refractivity contribution in [2.24, 2.45) is 5.41 Å². The van der Waals surface area contributed by atoms with E-state index in [4.69, 9.17) is 4.42 Å². The molecule has 5 heteroatoms. The predicted octanol–water partition coefficient (Wildman–Crippen LogP) is 3.24. The molecule has 1 aromatic carbocycles. The maximum atomic E-state index is 13.3. The van der Waals surface area contributed by atoms with Gasteiger partial charge in [-0.1, -0.05) is 29.8 Å². The van der Waals surface area contributed by atoms with Crippen molar-refractivity contribution in [1.29, 1.82) is 0 Å². The van der Waals surface area contributed by atoms with E-state index in [1.54, 1.807) is 11.0 Å². The third-order valence-corrected chi connectivity index (χ3v) is 5.69. The zero-order chi connectivity index (χ0) is 18.1. The lowest BCUT2D eigenvalue weighted by atomic mass is 9.78. The van der Waals surface area contributed by atoms with Crippen LogP contribution < -0.4 is 0 Å². The van der Waals surface area contributed by atoms with Crippen LogP contribution in [0.5, 0.6) is 0 Å². The van der Waals surface area contributed by atoms with Crippen molar-refractivity contribution in [3.05, 3.63) is 59.5 Å². The Hall–Kier alpha value is -2.56. The molecule has 26 heavy (non-hydrogen) atoms. The molecule has 4 rings (SSSR count). The molecule has 2 saturated heterocycles. The Morgan fingerprint density at radius 3 is 2.88 bits per heavy atom. The summed E-state index contributed by atoms with van der Waals surface area (Å²) in [5.41, 5.74) is 2.52. The summed E-state index contributed by atoms with van der Waals surface area (Å²) in [4.78, 5) is 29.6. The molecule has 1 unspecified atom stereocenters. The molecule has 2 aliphatic heterocycles. The first-order valence-corrected chi connectivity index (χ1v) is 9.24. The van der Waals surface area contributed by atoms with Crippen LogP contribution >= 0.6 is 0 Å². The van der Waals surface area contributed by atoms with Gasteiger partial charge in [-0.2, -0.15) is 0 Å². The number of benzene rings is 1. The maximum Gasteiger partial charge on any atom is 0.257 e. The molecule has 2 amide bonds. The minimum absolute atomic E-state index is 0.0424. The van der Waals surface area contributed by atoms with Crippen LogP contribution in [0.1, 0.15) is 40.7 Å². The normalized spacial score (nSPS) is 23.0. The molecule has 2 aliphatic rings. The van der Waals surface area contributed by atoms with Gasteiger partial charge in [0.05, 0.1) is 17.2 Å². The zero-order valence-electron chi connectivity index (χ0n) is 15.1. The van der Waals surface area contributed by atoms with E-state index >= 15 is 0 Å². The Kier molecular flexibility index (Phi) is 4.31. The second kappa shape index (κ2) is 6.63. The number of carbonyl (C=O) groups is 2. The number of hydrogen-bond acceptors (Lipinski definition) is 3. The molecule has 1 atom stereocenters. The number of carbonyl (C=O) groups excluding carboxylic acids is 2. The number of piperidine rings is 1. The van der Waals surface area contributed by atoms with Crippen molar-refractivity contribution in [2.75, 3.05) is 19.6 Å². The van der Waals surface area contributed by atoms with Gasteiger partial charge in [0.2, 0.25) is 5.91 Å². The third-order valence-electron chi connectivity index (χ3n) is 5.69. The first-order chi connectivity index (χ1) is 12.6. The molecule has 2 aromatic rings. The quantitative estimate of drug-likeness (QED) is 0.852. The van der Waals surface area contributed by atoms with E-state index in [0.29, 0.717) is 25.2 Å². The maximum absolute atomic E-state index is 13.3. The molecule has 2 fully saturated rings. The molecule has 1 spiro atoms. The summed E-state index contributed by atoms with van der Waals surface area (Å²) >= 11 is 0. The fraction of sp³-hybridized carbons (Fsp3) is 0.429. The summed E-state index contributed by atoms with van der Waals surface area (Å²) < 4.78 is 5.02. The minimum Gasteiger partial charge on any atom is -0.472 e. The fourth-order valence-corrected chi connectivity index (χ4v) is 4.33. The van der Waals surface area contributed by atoms with E-state index in [9.17, 15) is 9.59 Å². The minimum atomic E-state index is -0.415. The number of aryl methyl sites for hydroxylation is 1. The molecule has 3 heterocycles. The summed E-state index contributed by atoms with van der Waals surface area (Å²) in [6.07, 6.45) is 5.59. The highest BCUT2D eigenvalue weighted by Gasteiger charge is 2.49. The number of hydrogen-bond donors (Lipinski definition) is 0. The number of amides is 2. The second-order valence-corrected chi connectivity index (χ2v) is 7.59. The van der Waals surface area contributed by atoms with Gasteiger partial charge in [-0.05, 0) is 37.8 Å². The van der Waals surface area contributed by atoms with Gasteiger partial charge in [-0.15, -0.1) is 0 Å². The number of rotatable bonds is 3. The largest absolute Gasteiger partial charge is 0.472 e. The Bertz CT molecular complexity index is 814. The first kappa shape index (κ1) is 16.9. The molecule has 5 nitrogen and oxygen atoms in total. The molecule has 1 aromatic heterocycles. The van der Waals surface area contributed by atoms with Gasteiger partial charge in [0, 0.05) is 26.2 Å². The van der Waals surface area contributed by atoms with E-state index in [-0.39, 0.29) is 11.8 Å². The van der Waals surface area contributed by atoms with Crippen LogP contribution in [0.25, 0.3) is 0 Å². The second-order valence-electron chi connectivity index (χ2n) is 7.59. The highest BCUT2D eigenvalue weighted by Crippen LogP contribution is 2.41. The average Bonchev–Trinajstić information content (AvgIpc) is 3.30. The van der Waals surface area contributed by atoms with Crippen molar-refractivity contribution in [2.45, 2.75) is 32.7 Å². The highest BCUT2D eigenvalue weighted by molar-refractivity contribution is 5.95. The molecular weight excluding hydrogens is 328 g/mol. The topological polar surface area (TPSA) is 53.8 Å². The van der Waals surface area contributed by atoms with Crippen LogP contribution in [0.2, 0.25) is 0 Å². The summed E-state index contributed by atoms with van der Waals surface area (Å²) in [5, 5.41) is 0. The van der Waals surface area contributed by atoms with Crippen LogP contribution in [0, 0.1) is 12.3 Å². The Morgan fingerprint density at radius 2 is 2.12 bits per heavy atom. The standard InChI is InChI=1S/C21H24N2O3/c1-16-4-2-5-17(12-16)13-22-9-3-7-21(20(22)25)8-10-23(15-21)19(24)18-6-11-26-14-18/h2,4-6,11-12,14H,3,7-10,13,15H2,1H3. The van der Waals surface area contributed by atoms with Gasteiger partial charge in [0.15, 0.2) is 0 Å². The lowest BCUT2D eigenvalue weighted by Crippen LogP contribution is -2.50. The molecular formula is C21H24N2O3. The van der Waals surface area contributed by atoms with Crippen molar-refractivity contribution >= 4 is 11.8 Å². The van der Waals surface area contributed by atoms with E-state index in [1.165, 1.54) is 23.7 Å². The molecule has 136 valence electrons. The smallest absolute Gasteiger partial charge is 0.257 e. The van der Waals surface area contributed by atoms with Crippen LogP contribution in [0.4, 0.5) is 0 Å². The summed E-state index contributed by atoms with van der Waals surface area (Å²) in [6.45, 7) is 4.66. The molecule has 0 aliphatic carbocycles. The van der Waals surface area contributed by atoms with E-state index in [1.807, 2.05) is 11.0 Å². The SMILES string of the molecule is Cc1cccc(CN2CCCC3(CCN(C(=O)c4ccoc4)C3)C2=O)c1. The average molecular weight is 352 g/mol. The van der Waals surface area contributed by atoms with E-state index < -0.39 is 5.41 Å². The summed E-state index contributed by atoms with van der Waals surface area (Å²) in [7, 11) is 0. The Balaban J connectivity index is 1.48. The van der Waals surface area contributed by atoms with Gasteiger partial charge in [-0.25, -0.2) is 0 Å². The summed E-state index contributed by atoms with van der Waals surface area (Å²) in [6, 6.07) is 10.00. The van der Waals surface area contributed by atoms with Crippen LogP contribution in [0.3, 0.4) is 0 Å². The molecule has 0 N–H and O–H groups in total. The molecule has 0 radical (unpaired) electrons. The third kappa shape index (κ3) is 3.02. The van der Waals surface area contributed by atoms with Crippen molar-refractivity contribution < 1.29 is 14.0 Å². The van der Waals surface area contributed by atoms with E-state index in [2.05, 4.69) is 25.1 Å². The molecule has 0 saturated carbocycles. The number of furan rings is 1. The predicted molar refractivity (Wildman–Crippen MR) is 97.5 cm³/mol. The number of likely N-dealkylation sites (tertiary alicyclic amines) is 2.